The summed E-state index contributed by atoms with van der Waals surface area (Å²) in [7, 11) is 1.08. The van der Waals surface area contributed by atoms with E-state index in [2.05, 4.69) is 20.0 Å². The van der Waals surface area contributed by atoms with Gasteiger partial charge in [-0.15, -0.1) is 12.1 Å². The monoisotopic (exact) mass is 108 g/mol. The van der Waals surface area contributed by atoms with Gasteiger partial charge in [0.15, 0.2) is 0 Å². The van der Waals surface area contributed by atoms with Gasteiger partial charge in [0.25, 0.3) is 0 Å². The van der Waals surface area contributed by atoms with Gasteiger partial charge in [-0.2, -0.15) is 0 Å². The van der Waals surface area contributed by atoms with Crippen LogP contribution in [0, 0.1) is 0 Å². The Morgan fingerprint density at radius 2 is 2.00 bits per heavy atom. The Balaban J connectivity index is 3.40. The molecule has 0 saturated heterocycles. The highest BCUT2D eigenvalue weighted by Crippen LogP contribution is 2.03. The number of allylic oxidation sites excluding steroid dienone is 2. The van der Waals surface area contributed by atoms with Gasteiger partial charge >= 0.3 is 0 Å². The minimum absolute atomic E-state index is 0.997. The van der Waals surface area contributed by atoms with Crippen molar-refractivity contribution >= 4 is 7.28 Å². The van der Waals surface area contributed by atoms with Crippen LogP contribution in [0.25, 0.3) is 0 Å². The summed E-state index contributed by atoms with van der Waals surface area (Å²) < 4.78 is 0. The molecule has 0 N–H and O–H groups in total. The van der Waals surface area contributed by atoms with E-state index in [9.17, 15) is 0 Å². The SMILES string of the molecule is C=C(C)CC(=C)BC. The van der Waals surface area contributed by atoms with Crippen molar-refractivity contribution in [2.45, 2.75) is 20.2 Å². The molecule has 0 rings (SSSR count). The van der Waals surface area contributed by atoms with E-state index in [-0.39, 0.29) is 0 Å². The topological polar surface area (TPSA) is 0 Å². The van der Waals surface area contributed by atoms with Gasteiger partial charge in [0.1, 0.15) is 7.28 Å². The molecule has 0 aliphatic heterocycles. The molecular weight excluding hydrogens is 94.9 g/mol. The number of hydrogen-bond donors (Lipinski definition) is 0. The third kappa shape index (κ3) is 3.73. The molecule has 0 heterocycles. The molecule has 0 bridgehead atoms. The predicted molar refractivity (Wildman–Crippen MR) is 41.6 cm³/mol. The Kier molecular flexibility index (Phi) is 3.33. The fourth-order valence-corrected chi connectivity index (χ4v) is 0.552. The van der Waals surface area contributed by atoms with Crippen LogP contribution in [0.2, 0.25) is 6.82 Å². The second-order valence-electron chi connectivity index (χ2n) is 2.24. The molecule has 0 atom stereocenters. The Morgan fingerprint density at radius 1 is 1.50 bits per heavy atom. The van der Waals surface area contributed by atoms with E-state index in [0.717, 1.165) is 13.7 Å². The highest BCUT2D eigenvalue weighted by molar-refractivity contribution is 6.43. The molecule has 0 aromatic heterocycles. The zero-order valence-corrected chi connectivity index (χ0v) is 5.83. The molecule has 0 aromatic carbocycles. The summed E-state index contributed by atoms with van der Waals surface area (Å²) in [5.41, 5.74) is 2.48. The highest BCUT2D eigenvalue weighted by Gasteiger charge is 1.89. The molecule has 0 saturated carbocycles. The summed E-state index contributed by atoms with van der Waals surface area (Å²) in [5, 5.41) is 0. The van der Waals surface area contributed by atoms with Crippen LogP contribution in [0.15, 0.2) is 24.2 Å². The van der Waals surface area contributed by atoms with Crippen molar-refractivity contribution < 1.29 is 0 Å². The largest absolute Gasteiger partial charge is 0.148 e. The summed E-state index contributed by atoms with van der Waals surface area (Å²) in [4.78, 5) is 0. The molecule has 0 amide bonds. The van der Waals surface area contributed by atoms with Crippen LogP contribution in [0.1, 0.15) is 13.3 Å². The third-order valence-corrected chi connectivity index (χ3v) is 1.05. The van der Waals surface area contributed by atoms with Crippen LogP contribution in [0.4, 0.5) is 0 Å². The van der Waals surface area contributed by atoms with Gasteiger partial charge in [0.05, 0.1) is 0 Å². The Morgan fingerprint density at radius 3 is 2.12 bits per heavy atom. The van der Waals surface area contributed by atoms with E-state index in [4.69, 9.17) is 0 Å². The lowest BCUT2D eigenvalue weighted by Gasteiger charge is -1.97. The number of rotatable bonds is 3. The second-order valence-corrected chi connectivity index (χ2v) is 2.24. The van der Waals surface area contributed by atoms with Gasteiger partial charge < -0.3 is 0 Å². The highest BCUT2D eigenvalue weighted by atomic mass is 13.9. The maximum absolute atomic E-state index is 3.85. The van der Waals surface area contributed by atoms with Crippen LogP contribution in [0.5, 0.6) is 0 Å². The first-order valence-electron chi connectivity index (χ1n) is 2.97. The predicted octanol–water partition coefficient (Wildman–Crippen LogP) is 1.95. The standard InChI is InChI=1S/C7H13B/c1-6(2)5-7(3)8-4/h8H,1,3,5H2,2,4H3. The van der Waals surface area contributed by atoms with Crippen LogP contribution in [0.3, 0.4) is 0 Å². The lowest BCUT2D eigenvalue weighted by atomic mass is 9.71. The first-order chi connectivity index (χ1) is 3.66. The molecule has 0 nitrogen and oxygen atoms in total. The number of hydrogen-bond acceptors (Lipinski definition) is 0. The van der Waals surface area contributed by atoms with Gasteiger partial charge in [-0.1, -0.05) is 19.0 Å². The van der Waals surface area contributed by atoms with Crippen LogP contribution in [-0.2, 0) is 0 Å². The van der Waals surface area contributed by atoms with E-state index < -0.39 is 0 Å². The molecule has 1 heteroatoms. The lowest BCUT2D eigenvalue weighted by Crippen LogP contribution is -1.88. The molecule has 0 aliphatic carbocycles. The minimum Gasteiger partial charge on any atom is -0.109 e. The van der Waals surface area contributed by atoms with Crippen molar-refractivity contribution in [3.05, 3.63) is 24.2 Å². The van der Waals surface area contributed by atoms with Gasteiger partial charge in [-0.05, 0) is 13.3 Å². The van der Waals surface area contributed by atoms with E-state index in [1.165, 1.54) is 11.0 Å². The summed E-state index contributed by atoms with van der Waals surface area (Å²) in [6.45, 7) is 11.8. The van der Waals surface area contributed by atoms with E-state index in [1.54, 1.807) is 0 Å². The van der Waals surface area contributed by atoms with E-state index in [1.807, 2.05) is 6.92 Å². The zero-order valence-electron chi connectivity index (χ0n) is 5.83. The molecule has 44 valence electrons. The maximum atomic E-state index is 3.85. The third-order valence-electron chi connectivity index (χ3n) is 1.05. The molecule has 0 spiro atoms. The van der Waals surface area contributed by atoms with Crippen LogP contribution in [-0.4, -0.2) is 7.28 Å². The normalized spacial score (nSPS) is 8.25. The van der Waals surface area contributed by atoms with E-state index in [0.29, 0.717) is 0 Å². The van der Waals surface area contributed by atoms with Gasteiger partial charge in [0.2, 0.25) is 0 Å². The van der Waals surface area contributed by atoms with Crippen molar-refractivity contribution in [2.24, 2.45) is 0 Å². The average Bonchev–Trinajstić information content (AvgIpc) is 1.65. The molecule has 0 radical (unpaired) electrons. The van der Waals surface area contributed by atoms with Crippen molar-refractivity contribution in [2.75, 3.05) is 0 Å². The molecule has 0 aliphatic rings. The Bertz CT molecular complexity index is 103. The van der Waals surface area contributed by atoms with Crippen molar-refractivity contribution in [1.29, 1.82) is 0 Å². The minimum atomic E-state index is 0.997. The molecule has 0 unspecified atom stereocenters. The van der Waals surface area contributed by atoms with E-state index >= 15 is 0 Å². The second kappa shape index (κ2) is 3.53. The summed E-state index contributed by atoms with van der Waals surface area (Å²) in [6, 6.07) is 0. The van der Waals surface area contributed by atoms with Crippen molar-refractivity contribution in [1.82, 2.24) is 0 Å². The summed E-state index contributed by atoms with van der Waals surface area (Å²) in [6.07, 6.45) is 0.997. The van der Waals surface area contributed by atoms with Crippen LogP contribution < -0.4 is 0 Å². The Labute approximate surface area is 52.5 Å². The average molecular weight is 108 g/mol. The van der Waals surface area contributed by atoms with Gasteiger partial charge in [0, 0.05) is 0 Å². The van der Waals surface area contributed by atoms with Gasteiger partial charge in [-0.25, -0.2) is 0 Å². The first-order valence-corrected chi connectivity index (χ1v) is 2.97. The van der Waals surface area contributed by atoms with Gasteiger partial charge in [-0.3, -0.25) is 0 Å². The first kappa shape index (κ1) is 7.54. The molecule has 8 heavy (non-hydrogen) atoms. The van der Waals surface area contributed by atoms with Crippen LogP contribution >= 0.6 is 0 Å². The summed E-state index contributed by atoms with van der Waals surface area (Å²) >= 11 is 0. The van der Waals surface area contributed by atoms with Crippen molar-refractivity contribution in [3.8, 4) is 0 Å². The Hall–Kier alpha value is -0.455. The van der Waals surface area contributed by atoms with Crippen molar-refractivity contribution in [3.63, 3.8) is 0 Å². The zero-order chi connectivity index (χ0) is 6.57. The molecule has 0 fully saturated rings. The smallest absolute Gasteiger partial charge is 0.109 e. The molecule has 0 aromatic rings. The maximum Gasteiger partial charge on any atom is 0.148 e. The fourth-order valence-electron chi connectivity index (χ4n) is 0.552. The summed E-state index contributed by atoms with van der Waals surface area (Å²) in [5.74, 6) is 0. The fraction of sp³-hybridized carbons (Fsp3) is 0.429. The quantitative estimate of drug-likeness (QED) is 0.382. The lowest BCUT2D eigenvalue weighted by molar-refractivity contribution is 1.20. The molecular formula is C7H13B.